The van der Waals surface area contributed by atoms with Crippen LogP contribution in [-0.2, 0) is 4.79 Å². The van der Waals surface area contributed by atoms with E-state index in [9.17, 15) is 4.79 Å². The summed E-state index contributed by atoms with van der Waals surface area (Å²) >= 11 is 0. The Morgan fingerprint density at radius 1 is 0.923 bits per heavy atom. The van der Waals surface area contributed by atoms with Gasteiger partial charge in [0.1, 0.15) is 5.75 Å². The highest BCUT2D eigenvalue weighted by Crippen LogP contribution is 2.23. The Hall–Kier alpha value is -3.07. The minimum Gasteiger partial charge on any atom is -0.484 e. The molecule has 0 atom stereocenters. The van der Waals surface area contributed by atoms with Crippen LogP contribution in [0.2, 0.25) is 0 Å². The van der Waals surface area contributed by atoms with Crippen LogP contribution >= 0.6 is 0 Å². The third-order valence-corrected chi connectivity index (χ3v) is 4.79. The Morgan fingerprint density at radius 3 is 2.46 bits per heavy atom. The van der Waals surface area contributed by atoms with Crippen molar-refractivity contribution < 1.29 is 9.53 Å². The second kappa shape index (κ2) is 7.44. The molecule has 3 aromatic carbocycles. The quantitative estimate of drug-likeness (QED) is 0.696. The van der Waals surface area contributed by atoms with Crippen LogP contribution < -0.4 is 4.74 Å². The number of fused-ring (bicyclic) bond motifs is 1. The van der Waals surface area contributed by atoms with Crippen molar-refractivity contribution in [1.29, 1.82) is 0 Å². The highest BCUT2D eigenvalue weighted by atomic mass is 16.5. The van der Waals surface area contributed by atoms with Crippen molar-refractivity contribution in [3.63, 3.8) is 0 Å². The standard InChI is InChI=1S/C23H21NO2/c25-23(17-26-22-11-10-19-8-4-5-9-21(19)16-22)24-14-12-20(13-15-24)18-6-2-1-3-7-18/h1-12,16H,13-15,17H2. The molecule has 0 bridgehead atoms. The zero-order chi connectivity index (χ0) is 17.8. The summed E-state index contributed by atoms with van der Waals surface area (Å²) in [5.41, 5.74) is 2.55. The summed E-state index contributed by atoms with van der Waals surface area (Å²) in [6.45, 7) is 1.46. The number of hydrogen-bond donors (Lipinski definition) is 0. The lowest BCUT2D eigenvalue weighted by molar-refractivity contribution is -0.132. The van der Waals surface area contributed by atoms with Gasteiger partial charge in [-0.15, -0.1) is 0 Å². The van der Waals surface area contributed by atoms with E-state index >= 15 is 0 Å². The molecule has 3 nitrogen and oxygen atoms in total. The Morgan fingerprint density at radius 2 is 1.69 bits per heavy atom. The molecule has 1 amide bonds. The van der Waals surface area contributed by atoms with Crippen molar-refractivity contribution in [3.8, 4) is 5.75 Å². The van der Waals surface area contributed by atoms with Gasteiger partial charge < -0.3 is 9.64 Å². The summed E-state index contributed by atoms with van der Waals surface area (Å²) in [5, 5.41) is 2.28. The van der Waals surface area contributed by atoms with Crippen molar-refractivity contribution in [2.45, 2.75) is 6.42 Å². The van der Waals surface area contributed by atoms with Crippen molar-refractivity contribution >= 4 is 22.3 Å². The molecule has 0 aromatic heterocycles. The van der Waals surface area contributed by atoms with Crippen LogP contribution in [-0.4, -0.2) is 30.5 Å². The molecule has 0 saturated carbocycles. The lowest BCUT2D eigenvalue weighted by Crippen LogP contribution is -2.37. The van der Waals surface area contributed by atoms with Crippen molar-refractivity contribution in [1.82, 2.24) is 4.90 Å². The molecule has 3 aromatic rings. The molecule has 130 valence electrons. The molecule has 0 unspecified atom stereocenters. The zero-order valence-electron chi connectivity index (χ0n) is 14.6. The first kappa shape index (κ1) is 16.4. The van der Waals surface area contributed by atoms with E-state index in [0.717, 1.165) is 24.1 Å². The molecule has 0 saturated heterocycles. The number of hydrogen-bond acceptors (Lipinski definition) is 2. The molecule has 26 heavy (non-hydrogen) atoms. The number of carbonyl (C=O) groups excluding carboxylic acids is 1. The molecular formula is C23H21NO2. The molecule has 3 heteroatoms. The SMILES string of the molecule is O=C(COc1ccc2ccccc2c1)N1CC=C(c2ccccc2)CC1. The molecule has 0 spiro atoms. The number of nitrogens with zero attached hydrogens (tertiary/aromatic N) is 1. The first-order valence-corrected chi connectivity index (χ1v) is 8.93. The molecule has 0 fully saturated rings. The topological polar surface area (TPSA) is 29.5 Å². The number of benzene rings is 3. The average molecular weight is 343 g/mol. The molecule has 0 aliphatic carbocycles. The summed E-state index contributed by atoms with van der Waals surface area (Å²) in [7, 11) is 0. The highest BCUT2D eigenvalue weighted by Gasteiger charge is 2.18. The predicted molar refractivity (Wildman–Crippen MR) is 105 cm³/mol. The summed E-state index contributed by atoms with van der Waals surface area (Å²) in [6.07, 6.45) is 3.03. The fourth-order valence-electron chi connectivity index (χ4n) is 3.30. The number of rotatable bonds is 4. The third kappa shape index (κ3) is 3.62. The summed E-state index contributed by atoms with van der Waals surface area (Å²) in [4.78, 5) is 14.3. The van der Waals surface area contributed by atoms with Crippen LogP contribution in [0.4, 0.5) is 0 Å². The monoisotopic (exact) mass is 343 g/mol. The number of amides is 1. The van der Waals surface area contributed by atoms with Crippen LogP contribution in [0.3, 0.4) is 0 Å². The minimum absolute atomic E-state index is 0.0292. The number of carbonyl (C=O) groups is 1. The highest BCUT2D eigenvalue weighted by molar-refractivity contribution is 5.84. The Balaban J connectivity index is 1.36. The van der Waals surface area contributed by atoms with Crippen LogP contribution in [0.5, 0.6) is 5.75 Å². The zero-order valence-corrected chi connectivity index (χ0v) is 14.6. The fourth-order valence-corrected chi connectivity index (χ4v) is 3.30. The predicted octanol–water partition coefficient (Wildman–Crippen LogP) is 4.53. The second-order valence-corrected chi connectivity index (χ2v) is 6.48. The third-order valence-electron chi connectivity index (χ3n) is 4.79. The number of ether oxygens (including phenoxy) is 1. The van der Waals surface area contributed by atoms with Gasteiger partial charge in [-0.05, 0) is 40.5 Å². The van der Waals surface area contributed by atoms with E-state index < -0.39 is 0 Å². The van der Waals surface area contributed by atoms with E-state index in [1.807, 2.05) is 59.5 Å². The maximum Gasteiger partial charge on any atom is 0.260 e. The van der Waals surface area contributed by atoms with Gasteiger partial charge in [-0.2, -0.15) is 0 Å². The average Bonchev–Trinajstić information content (AvgIpc) is 2.72. The van der Waals surface area contributed by atoms with Gasteiger partial charge in [-0.25, -0.2) is 0 Å². The smallest absolute Gasteiger partial charge is 0.260 e. The minimum atomic E-state index is 0.0292. The summed E-state index contributed by atoms with van der Waals surface area (Å²) < 4.78 is 5.73. The largest absolute Gasteiger partial charge is 0.484 e. The molecule has 4 rings (SSSR count). The first-order chi connectivity index (χ1) is 12.8. The van der Waals surface area contributed by atoms with Crippen LogP contribution in [0.25, 0.3) is 16.3 Å². The van der Waals surface area contributed by atoms with E-state index in [1.54, 1.807) is 0 Å². The van der Waals surface area contributed by atoms with Gasteiger partial charge in [0.15, 0.2) is 6.61 Å². The second-order valence-electron chi connectivity index (χ2n) is 6.48. The molecule has 1 aliphatic rings. The fraction of sp³-hybridized carbons (Fsp3) is 0.174. The molecule has 1 heterocycles. The van der Waals surface area contributed by atoms with Gasteiger partial charge in [0.25, 0.3) is 5.91 Å². The lowest BCUT2D eigenvalue weighted by atomic mass is 10.00. The van der Waals surface area contributed by atoms with Gasteiger partial charge in [-0.3, -0.25) is 4.79 Å². The van der Waals surface area contributed by atoms with E-state index in [0.29, 0.717) is 6.54 Å². The van der Waals surface area contributed by atoms with Crippen LogP contribution in [0.15, 0.2) is 78.9 Å². The van der Waals surface area contributed by atoms with E-state index in [-0.39, 0.29) is 12.5 Å². The van der Waals surface area contributed by atoms with E-state index in [4.69, 9.17) is 4.74 Å². The lowest BCUT2D eigenvalue weighted by Gasteiger charge is -2.26. The maximum absolute atomic E-state index is 12.4. The van der Waals surface area contributed by atoms with E-state index in [2.05, 4.69) is 24.3 Å². The van der Waals surface area contributed by atoms with Gasteiger partial charge >= 0.3 is 0 Å². The van der Waals surface area contributed by atoms with Crippen molar-refractivity contribution in [2.24, 2.45) is 0 Å². The van der Waals surface area contributed by atoms with Gasteiger partial charge in [0, 0.05) is 13.1 Å². The Kier molecular flexibility index (Phi) is 4.69. The van der Waals surface area contributed by atoms with Crippen molar-refractivity contribution in [3.05, 3.63) is 84.4 Å². The Bertz CT molecular complexity index is 947. The molecule has 1 aliphatic heterocycles. The first-order valence-electron chi connectivity index (χ1n) is 8.93. The maximum atomic E-state index is 12.4. The Labute approximate surface area is 153 Å². The summed E-state index contributed by atoms with van der Waals surface area (Å²) in [6, 6.07) is 24.4. The molecule has 0 radical (unpaired) electrons. The van der Waals surface area contributed by atoms with Gasteiger partial charge in [0.05, 0.1) is 0 Å². The van der Waals surface area contributed by atoms with Crippen LogP contribution in [0.1, 0.15) is 12.0 Å². The molecule has 0 N–H and O–H groups in total. The normalized spacial score (nSPS) is 14.2. The molecular weight excluding hydrogens is 322 g/mol. The van der Waals surface area contributed by atoms with Gasteiger partial charge in [-0.1, -0.05) is 66.7 Å². The van der Waals surface area contributed by atoms with Crippen LogP contribution in [0, 0.1) is 0 Å². The summed E-state index contributed by atoms with van der Waals surface area (Å²) in [5.74, 6) is 0.760. The van der Waals surface area contributed by atoms with Crippen molar-refractivity contribution in [2.75, 3.05) is 19.7 Å². The van der Waals surface area contributed by atoms with E-state index in [1.165, 1.54) is 16.5 Å². The van der Waals surface area contributed by atoms with Gasteiger partial charge in [0.2, 0.25) is 0 Å².